The molecule has 1 rings (SSSR count). The van der Waals surface area contributed by atoms with Crippen LogP contribution in [0.3, 0.4) is 0 Å². The Morgan fingerprint density at radius 2 is 1.55 bits per heavy atom. The van der Waals surface area contributed by atoms with Gasteiger partial charge in [0, 0.05) is 12.1 Å². The van der Waals surface area contributed by atoms with Crippen molar-refractivity contribution < 1.29 is 13.2 Å². The van der Waals surface area contributed by atoms with Gasteiger partial charge in [0.2, 0.25) is 15.9 Å². The molecule has 1 aromatic carbocycles. The molecular formula is C16H26N2O3S. The summed E-state index contributed by atoms with van der Waals surface area (Å²) in [7, 11) is -3.69. The molecule has 0 aromatic heterocycles. The quantitative estimate of drug-likeness (QED) is 0.646. The minimum atomic E-state index is -3.69. The van der Waals surface area contributed by atoms with Crippen molar-refractivity contribution in [2.45, 2.75) is 63.2 Å². The summed E-state index contributed by atoms with van der Waals surface area (Å²) in [4.78, 5) is 11.8. The second-order valence-corrected chi connectivity index (χ2v) is 7.05. The normalized spacial score (nSPS) is 11.4. The van der Waals surface area contributed by atoms with Gasteiger partial charge in [0.05, 0.1) is 4.90 Å². The summed E-state index contributed by atoms with van der Waals surface area (Å²) in [5, 5.41) is 7.77. The Labute approximate surface area is 133 Å². The van der Waals surface area contributed by atoms with E-state index in [4.69, 9.17) is 5.14 Å². The van der Waals surface area contributed by atoms with E-state index in [2.05, 4.69) is 12.2 Å². The summed E-state index contributed by atoms with van der Waals surface area (Å²) in [5.74, 6) is -0.0445. The number of rotatable bonds is 10. The fourth-order valence-electron chi connectivity index (χ4n) is 2.19. The number of unbranched alkanes of at least 4 members (excludes halogenated alkanes) is 6. The third kappa shape index (κ3) is 7.56. The van der Waals surface area contributed by atoms with E-state index >= 15 is 0 Å². The lowest BCUT2D eigenvalue weighted by Gasteiger charge is -2.06. The van der Waals surface area contributed by atoms with Crippen LogP contribution in [0.1, 0.15) is 58.3 Å². The van der Waals surface area contributed by atoms with Gasteiger partial charge in [-0.05, 0) is 30.7 Å². The van der Waals surface area contributed by atoms with Crippen LogP contribution in [-0.4, -0.2) is 14.3 Å². The first-order chi connectivity index (χ1) is 10.4. The van der Waals surface area contributed by atoms with E-state index in [1.807, 2.05) is 0 Å². The summed E-state index contributed by atoms with van der Waals surface area (Å²) >= 11 is 0. The fourth-order valence-corrected chi connectivity index (χ4v) is 2.71. The van der Waals surface area contributed by atoms with Crippen LogP contribution in [0.25, 0.3) is 0 Å². The minimum Gasteiger partial charge on any atom is -0.326 e. The number of anilines is 1. The molecule has 0 aliphatic rings. The molecule has 0 fully saturated rings. The van der Waals surface area contributed by atoms with Crippen LogP contribution < -0.4 is 10.5 Å². The molecule has 3 N–H and O–H groups in total. The molecule has 0 heterocycles. The van der Waals surface area contributed by atoms with Crippen LogP contribution in [0, 0.1) is 0 Å². The smallest absolute Gasteiger partial charge is 0.238 e. The Kier molecular flexibility index (Phi) is 8.12. The van der Waals surface area contributed by atoms with E-state index in [9.17, 15) is 13.2 Å². The molecule has 0 bridgehead atoms. The van der Waals surface area contributed by atoms with Gasteiger partial charge in [-0.15, -0.1) is 0 Å². The number of amides is 1. The molecular weight excluding hydrogens is 300 g/mol. The molecule has 6 heteroatoms. The number of primary sulfonamides is 1. The second-order valence-electron chi connectivity index (χ2n) is 5.49. The number of carbonyl (C=O) groups is 1. The van der Waals surface area contributed by atoms with Gasteiger partial charge in [-0.3, -0.25) is 4.79 Å². The zero-order valence-electron chi connectivity index (χ0n) is 13.2. The Bertz CT molecular complexity index is 553. The number of nitrogens with one attached hydrogen (secondary N) is 1. The maximum atomic E-state index is 11.8. The summed E-state index contributed by atoms with van der Waals surface area (Å²) < 4.78 is 22.3. The average molecular weight is 326 g/mol. The molecule has 0 aliphatic heterocycles. The van der Waals surface area contributed by atoms with Crippen LogP contribution in [0.5, 0.6) is 0 Å². The maximum absolute atomic E-state index is 11.8. The number of hydrogen-bond donors (Lipinski definition) is 2. The van der Waals surface area contributed by atoms with Gasteiger partial charge in [-0.1, -0.05) is 45.4 Å². The second kappa shape index (κ2) is 9.58. The summed E-state index contributed by atoms with van der Waals surface area (Å²) in [6.07, 6.45) is 8.67. The highest BCUT2D eigenvalue weighted by Gasteiger charge is 2.07. The highest BCUT2D eigenvalue weighted by atomic mass is 32.2. The standard InChI is InChI=1S/C16H26N2O3S/c1-2-3-4-5-6-7-8-9-16(19)18-14-10-12-15(13-11-14)22(17,20)21/h10-13H,2-9H2,1H3,(H,18,19)(H2,17,20,21). The molecule has 0 radical (unpaired) electrons. The van der Waals surface area contributed by atoms with Crippen molar-refractivity contribution in [3.8, 4) is 0 Å². The highest BCUT2D eigenvalue weighted by molar-refractivity contribution is 7.89. The first kappa shape index (κ1) is 18.6. The Morgan fingerprint density at radius 3 is 2.09 bits per heavy atom. The number of hydrogen-bond acceptors (Lipinski definition) is 3. The van der Waals surface area contributed by atoms with E-state index in [1.165, 1.54) is 44.2 Å². The van der Waals surface area contributed by atoms with Crippen LogP contribution in [0.4, 0.5) is 5.69 Å². The molecule has 0 unspecified atom stereocenters. The first-order valence-electron chi connectivity index (χ1n) is 7.86. The van der Waals surface area contributed by atoms with Gasteiger partial charge < -0.3 is 5.32 Å². The zero-order chi connectivity index (χ0) is 16.4. The Morgan fingerprint density at radius 1 is 1.00 bits per heavy atom. The van der Waals surface area contributed by atoms with Crippen molar-refractivity contribution >= 4 is 21.6 Å². The fraction of sp³-hybridized carbons (Fsp3) is 0.562. The largest absolute Gasteiger partial charge is 0.326 e. The maximum Gasteiger partial charge on any atom is 0.238 e. The zero-order valence-corrected chi connectivity index (χ0v) is 14.0. The molecule has 5 nitrogen and oxygen atoms in total. The van der Waals surface area contributed by atoms with Crippen molar-refractivity contribution in [1.29, 1.82) is 0 Å². The van der Waals surface area contributed by atoms with Crippen molar-refractivity contribution in [1.82, 2.24) is 0 Å². The lowest BCUT2D eigenvalue weighted by molar-refractivity contribution is -0.116. The van der Waals surface area contributed by atoms with Gasteiger partial charge in [0.25, 0.3) is 0 Å². The van der Waals surface area contributed by atoms with Gasteiger partial charge in [-0.25, -0.2) is 13.6 Å². The third-order valence-electron chi connectivity index (χ3n) is 3.47. The van der Waals surface area contributed by atoms with Gasteiger partial charge >= 0.3 is 0 Å². The highest BCUT2D eigenvalue weighted by Crippen LogP contribution is 2.14. The molecule has 0 saturated heterocycles. The molecule has 1 amide bonds. The number of sulfonamides is 1. The number of nitrogens with two attached hydrogens (primary N) is 1. The monoisotopic (exact) mass is 326 g/mol. The van der Waals surface area contributed by atoms with Crippen LogP contribution in [0.2, 0.25) is 0 Å². The third-order valence-corrected chi connectivity index (χ3v) is 4.40. The van der Waals surface area contributed by atoms with E-state index < -0.39 is 10.0 Å². The minimum absolute atomic E-state index is 0.0394. The van der Waals surface area contributed by atoms with Crippen molar-refractivity contribution in [3.63, 3.8) is 0 Å². The van der Waals surface area contributed by atoms with Gasteiger partial charge in [0.15, 0.2) is 0 Å². The Balaban J connectivity index is 2.25. The molecule has 0 atom stereocenters. The van der Waals surface area contributed by atoms with Crippen LogP contribution in [0.15, 0.2) is 29.2 Å². The molecule has 1 aromatic rings. The number of benzene rings is 1. The predicted molar refractivity (Wildman–Crippen MR) is 89.1 cm³/mol. The summed E-state index contributed by atoms with van der Waals surface area (Å²) in [6.45, 7) is 2.19. The van der Waals surface area contributed by atoms with Crippen LogP contribution in [-0.2, 0) is 14.8 Å². The van der Waals surface area contributed by atoms with Crippen molar-refractivity contribution in [3.05, 3.63) is 24.3 Å². The van der Waals surface area contributed by atoms with E-state index in [0.29, 0.717) is 12.1 Å². The van der Waals surface area contributed by atoms with E-state index in [0.717, 1.165) is 12.8 Å². The predicted octanol–water partition coefficient (Wildman–Crippen LogP) is 3.41. The molecule has 0 saturated carbocycles. The van der Waals surface area contributed by atoms with Crippen LogP contribution >= 0.6 is 0 Å². The average Bonchev–Trinajstić information content (AvgIpc) is 2.46. The number of carbonyl (C=O) groups excluding carboxylic acids is 1. The van der Waals surface area contributed by atoms with Gasteiger partial charge in [-0.2, -0.15) is 0 Å². The first-order valence-corrected chi connectivity index (χ1v) is 9.41. The van der Waals surface area contributed by atoms with Crippen molar-refractivity contribution in [2.24, 2.45) is 5.14 Å². The van der Waals surface area contributed by atoms with E-state index in [-0.39, 0.29) is 10.8 Å². The SMILES string of the molecule is CCCCCCCCCC(=O)Nc1ccc(S(N)(=O)=O)cc1. The molecule has 0 aliphatic carbocycles. The lowest BCUT2D eigenvalue weighted by Crippen LogP contribution is -2.13. The molecule has 124 valence electrons. The topological polar surface area (TPSA) is 89.3 Å². The lowest BCUT2D eigenvalue weighted by atomic mass is 10.1. The summed E-state index contributed by atoms with van der Waals surface area (Å²) in [6, 6.07) is 5.86. The Hall–Kier alpha value is -1.40. The van der Waals surface area contributed by atoms with E-state index in [1.54, 1.807) is 12.1 Å². The summed E-state index contributed by atoms with van der Waals surface area (Å²) in [5.41, 5.74) is 0.584. The molecule has 22 heavy (non-hydrogen) atoms. The molecule has 0 spiro atoms. The van der Waals surface area contributed by atoms with Gasteiger partial charge in [0.1, 0.15) is 0 Å². The van der Waals surface area contributed by atoms with Crippen molar-refractivity contribution in [2.75, 3.05) is 5.32 Å².